The summed E-state index contributed by atoms with van der Waals surface area (Å²) in [5, 5.41) is 23.0. The molecular weight excluding hydrogens is 305 g/mol. The molecule has 2 aromatic rings. The fourth-order valence-electron chi connectivity index (χ4n) is 1.55. The lowest BCUT2D eigenvalue weighted by atomic mass is 10.1. The third-order valence-corrected chi connectivity index (χ3v) is 4.16. The Hall–Kier alpha value is -0.940. The summed E-state index contributed by atoms with van der Waals surface area (Å²) in [5.41, 5.74) is 0.604. The smallest absolute Gasteiger partial charge is 0.251 e. The van der Waals surface area contributed by atoms with Crippen molar-refractivity contribution in [2.24, 2.45) is 0 Å². The summed E-state index contributed by atoms with van der Waals surface area (Å²) in [7, 11) is 0. The first kappa shape index (κ1) is 14.5. The van der Waals surface area contributed by atoms with Crippen molar-refractivity contribution in [1.82, 2.24) is 0 Å². The van der Waals surface area contributed by atoms with Crippen molar-refractivity contribution in [3.05, 3.63) is 63.4 Å². The first-order valence-corrected chi connectivity index (χ1v) is 7.26. The molecule has 0 fully saturated rings. The topological polar surface area (TPSA) is 47.2 Å². The van der Waals surface area contributed by atoms with Gasteiger partial charge < -0.3 is 10.3 Å². The van der Waals surface area contributed by atoms with E-state index in [1.807, 2.05) is 0 Å². The van der Waals surface area contributed by atoms with E-state index in [-0.39, 0.29) is 0 Å². The molecule has 1 aromatic carbocycles. The number of aliphatic hydroxyl groups excluding tert-OH is 1. The molecule has 0 saturated heterocycles. The van der Waals surface area contributed by atoms with Crippen molar-refractivity contribution in [3.8, 4) is 0 Å². The molecule has 1 unspecified atom stereocenters. The monoisotopic (exact) mass is 315 g/mol. The Labute approximate surface area is 125 Å². The second-order valence-electron chi connectivity index (χ2n) is 3.86. The van der Waals surface area contributed by atoms with Crippen LogP contribution < -0.4 is 4.73 Å². The van der Waals surface area contributed by atoms with Gasteiger partial charge in [0, 0.05) is 33.5 Å². The van der Waals surface area contributed by atoms with Gasteiger partial charge in [0.05, 0.1) is 6.10 Å². The Morgan fingerprint density at radius 3 is 2.74 bits per heavy atom. The summed E-state index contributed by atoms with van der Waals surface area (Å²) in [5.74, 6) is 0.341. The van der Waals surface area contributed by atoms with Crippen molar-refractivity contribution in [2.45, 2.75) is 11.1 Å². The fraction of sp³-hybridized carbons (Fsp3) is 0.154. The molecule has 0 aliphatic heterocycles. The lowest BCUT2D eigenvalue weighted by Crippen LogP contribution is -2.28. The van der Waals surface area contributed by atoms with Crippen LogP contribution in [0.3, 0.4) is 0 Å². The Bertz CT molecular complexity index is 580. The van der Waals surface area contributed by atoms with E-state index in [0.717, 1.165) is 4.73 Å². The third kappa shape index (κ3) is 3.76. The number of pyridine rings is 1. The normalized spacial score (nSPS) is 12.4. The molecule has 1 aromatic heterocycles. The van der Waals surface area contributed by atoms with E-state index >= 15 is 0 Å². The average Bonchev–Trinajstić information content (AvgIpc) is 2.37. The zero-order valence-electron chi connectivity index (χ0n) is 9.79. The van der Waals surface area contributed by atoms with Crippen LogP contribution in [0.2, 0.25) is 10.0 Å². The molecule has 0 saturated carbocycles. The van der Waals surface area contributed by atoms with Crippen LogP contribution >= 0.6 is 35.0 Å². The van der Waals surface area contributed by atoms with Crippen LogP contribution in [0.25, 0.3) is 0 Å². The maximum atomic E-state index is 11.5. The molecule has 1 N–H and O–H groups in total. The number of thioether (sulfide) groups is 1. The van der Waals surface area contributed by atoms with E-state index in [1.54, 1.807) is 36.4 Å². The predicted octanol–water partition coefficient (Wildman–Crippen LogP) is 3.45. The minimum absolute atomic E-state index is 0.341. The van der Waals surface area contributed by atoms with Crippen molar-refractivity contribution < 1.29 is 9.84 Å². The van der Waals surface area contributed by atoms with Crippen LogP contribution in [0.5, 0.6) is 0 Å². The Balaban J connectivity index is 2.05. The van der Waals surface area contributed by atoms with E-state index in [2.05, 4.69) is 0 Å². The van der Waals surface area contributed by atoms with Gasteiger partial charge in [-0.25, -0.2) is 0 Å². The van der Waals surface area contributed by atoms with Gasteiger partial charge in [0.1, 0.15) is 0 Å². The van der Waals surface area contributed by atoms with Gasteiger partial charge in [0.15, 0.2) is 6.20 Å². The van der Waals surface area contributed by atoms with Crippen molar-refractivity contribution in [1.29, 1.82) is 0 Å². The van der Waals surface area contributed by atoms with Gasteiger partial charge in [-0.2, -0.15) is 4.73 Å². The first-order chi connectivity index (χ1) is 9.08. The Morgan fingerprint density at radius 2 is 2.05 bits per heavy atom. The number of hydrogen-bond donors (Lipinski definition) is 1. The summed E-state index contributed by atoms with van der Waals surface area (Å²) in [4.78, 5) is 0. The second-order valence-corrected chi connectivity index (χ2v) is 5.74. The number of rotatable bonds is 4. The molecule has 3 nitrogen and oxygen atoms in total. The molecule has 19 heavy (non-hydrogen) atoms. The van der Waals surface area contributed by atoms with Crippen molar-refractivity contribution >= 4 is 35.0 Å². The molecule has 0 radical (unpaired) electrons. The number of benzene rings is 1. The Kier molecular flexibility index (Phi) is 4.93. The number of halogens is 2. The average molecular weight is 316 g/mol. The molecule has 6 heteroatoms. The maximum absolute atomic E-state index is 11.5. The van der Waals surface area contributed by atoms with Crippen molar-refractivity contribution in [2.75, 3.05) is 5.75 Å². The van der Waals surface area contributed by atoms with Crippen LogP contribution in [-0.2, 0) is 0 Å². The minimum atomic E-state index is -0.755. The molecule has 0 aliphatic rings. The van der Waals surface area contributed by atoms with E-state index in [1.165, 1.54) is 18.0 Å². The predicted molar refractivity (Wildman–Crippen MR) is 77.5 cm³/mol. The van der Waals surface area contributed by atoms with E-state index in [0.29, 0.717) is 26.4 Å². The zero-order chi connectivity index (χ0) is 13.8. The summed E-state index contributed by atoms with van der Waals surface area (Å²) >= 11 is 13.1. The fourth-order valence-corrected chi connectivity index (χ4v) is 2.96. The highest BCUT2D eigenvalue weighted by Gasteiger charge is 2.14. The highest BCUT2D eigenvalue weighted by Crippen LogP contribution is 2.29. The largest absolute Gasteiger partial charge is 0.618 e. The lowest BCUT2D eigenvalue weighted by molar-refractivity contribution is -0.645. The number of aromatic nitrogens is 1. The molecule has 100 valence electrons. The Morgan fingerprint density at radius 1 is 1.26 bits per heavy atom. The van der Waals surface area contributed by atoms with Gasteiger partial charge in [-0.3, -0.25) is 0 Å². The number of aliphatic hydroxyl groups is 1. The van der Waals surface area contributed by atoms with Crippen molar-refractivity contribution in [3.63, 3.8) is 0 Å². The molecule has 1 heterocycles. The molecule has 1 atom stereocenters. The number of hydrogen-bond acceptors (Lipinski definition) is 3. The summed E-state index contributed by atoms with van der Waals surface area (Å²) in [6, 6.07) is 10.1. The van der Waals surface area contributed by atoms with Crippen LogP contribution in [0, 0.1) is 5.21 Å². The van der Waals surface area contributed by atoms with Gasteiger partial charge in [-0.15, -0.1) is 0 Å². The molecule has 0 amide bonds. The highest BCUT2D eigenvalue weighted by molar-refractivity contribution is 7.99. The summed E-state index contributed by atoms with van der Waals surface area (Å²) in [6.07, 6.45) is 0.666. The van der Waals surface area contributed by atoms with Gasteiger partial charge in [0.25, 0.3) is 5.03 Å². The van der Waals surface area contributed by atoms with Gasteiger partial charge in [0.2, 0.25) is 0 Å². The van der Waals surface area contributed by atoms with Gasteiger partial charge in [-0.1, -0.05) is 41.0 Å². The molecule has 2 rings (SSSR count). The highest BCUT2D eigenvalue weighted by atomic mass is 35.5. The van der Waals surface area contributed by atoms with Crippen LogP contribution in [0.1, 0.15) is 11.7 Å². The summed E-state index contributed by atoms with van der Waals surface area (Å²) < 4.78 is 0.765. The molecule has 0 bridgehead atoms. The van der Waals surface area contributed by atoms with Gasteiger partial charge in [-0.05, 0) is 18.2 Å². The number of nitrogens with zero attached hydrogens (tertiary/aromatic N) is 1. The lowest BCUT2D eigenvalue weighted by Gasteiger charge is -2.12. The minimum Gasteiger partial charge on any atom is -0.618 e. The van der Waals surface area contributed by atoms with E-state index < -0.39 is 6.10 Å². The SMILES string of the molecule is [O-][n+]1ccccc1SCC(O)c1ccc(Cl)cc1Cl. The summed E-state index contributed by atoms with van der Waals surface area (Å²) in [6.45, 7) is 0. The molecule has 0 aliphatic carbocycles. The first-order valence-electron chi connectivity index (χ1n) is 5.52. The third-order valence-electron chi connectivity index (χ3n) is 2.50. The second kappa shape index (κ2) is 6.48. The quantitative estimate of drug-likeness (QED) is 0.534. The molecular formula is C13H11Cl2NO2S. The van der Waals surface area contributed by atoms with Crippen LogP contribution in [0.4, 0.5) is 0 Å². The van der Waals surface area contributed by atoms with E-state index in [4.69, 9.17) is 23.2 Å². The van der Waals surface area contributed by atoms with Crippen LogP contribution in [0.15, 0.2) is 47.6 Å². The molecule has 0 spiro atoms. The van der Waals surface area contributed by atoms with Crippen LogP contribution in [-0.4, -0.2) is 10.9 Å². The maximum Gasteiger partial charge on any atom is 0.251 e. The van der Waals surface area contributed by atoms with Gasteiger partial charge >= 0.3 is 0 Å². The van der Waals surface area contributed by atoms with E-state index in [9.17, 15) is 10.3 Å². The standard InChI is InChI=1S/C13H11Cl2NO2S/c14-9-4-5-10(11(15)7-9)12(17)8-19-13-3-1-2-6-16(13)18/h1-7,12,17H,8H2. The zero-order valence-corrected chi connectivity index (χ0v) is 12.1.